The first kappa shape index (κ1) is 21.3. The standard InChI is InChI=1S/C21H23Cl2NO3/c1-4-13(2)17-7-5-6-8-19(17)24-21(26)14(3)27-20(25)11-15-9-10-16(22)12-18(15)23/h5-10,12-14H,4,11H2,1-3H3,(H,24,26)/t13-,14-/m0/s1. The molecular weight excluding hydrogens is 385 g/mol. The molecule has 0 unspecified atom stereocenters. The van der Waals surface area contributed by atoms with Crippen LogP contribution in [-0.2, 0) is 20.7 Å². The third-order valence-electron chi connectivity index (χ3n) is 4.39. The van der Waals surface area contributed by atoms with Crippen LogP contribution in [0, 0.1) is 0 Å². The van der Waals surface area contributed by atoms with Gasteiger partial charge >= 0.3 is 5.97 Å². The highest BCUT2D eigenvalue weighted by molar-refractivity contribution is 6.35. The van der Waals surface area contributed by atoms with Crippen molar-refractivity contribution in [2.45, 2.75) is 45.6 Å². The van der Waals surface area contributed by atoms with E-state index in [2.05, 4.69) is 19.2 Å². The molecule has 2 rings (SSSR count). The molecule has 0 saturated heterocycles. The maximum atomic E-state index is 12.4. The predicted molar refractivity (Wildman–Crippen MR) is 109 cm³/mol. The number of benzene rings is 2. The highest BCUT2D eigenvalue weighted by Gasteiger charge is 2.20. The van der Waals surface area contributed by atoms with Crippen LogP contribution in [0.25, 0.3) is 0 Å². The molecule has 4 nitrogen and oxygen atoms in total. The largest absolute Gasteiger partial charge is 0.452 e. The molecule has 0 bridgehead atoms. The van der Waals surface area contributed by atoms with Gasteiger partial charge in [0, 0.05) is 15.7 Å². The van der Waals surface area contributed by atoms with Gasteiger partial charge in [-0.05, 0) is 48.6 Å². The van der Waals surface area contributed by atoms with Crippen LogP contribution in [0.2, 0.25) is 10.0 Å². The smallest absolute Gasteiger partial charge is 0.311 e. The van der Waals surface area contributed by atoms with Gasteiger partial charge in [-0.25, -0.2) is 0 Å². The van der Waals surface area contributed by atoms with Crippen LogP contribution < -0.4 is 5.32 Å². The van der Waals surface area contributed by atoms with Crippen LogP contribution >= 0.6 is 23.2 Å². The summed E-state index contributed by atoms with van der Waals surface area (Å²) in [5, 5.41) is 3.73. The third kappa shape index (κ3) is 5.98. The number of ether oxygens (including phenoxy) is 1. The average Bonchev–Trinajstić information content (AvgIpc) is 2.63. The minimum atomic E-state index is -0.923. The summed E-state index contributed by atoms with van der Waals surface area (Å²) in [5.41, 5.74) is 2.39. The lowest BCUT2D eigenvalue weighted by atomic mass is 9.97. The maximum absolute atomic E-state index is 12.4. The molecule has 1 amide bonds. The molecule has 0 spiro atoms. The number of rotatable bonds is 7. The molecule has 0 saturated carbocycles. The predicted octanol–water partition coefficient (Wildman–Crippen LogP) is 5.62. The summed E-state index contributed by atoms with van der Waals surface area (Å²) in [6, 6.07) is 12.5. The second-order valence-corrected chi connectivity index (χ2v) is 7.27. The van der Waals surface area contributed by atoms with E-state index in [1.54, 1.807) is 25.1 Å². The zero-order valence-electron chi connectivity index (χ0n) is 15.6. The Kier molecular flexibility index (Phi) is 7.69. The molecule has 1 N–H and O–H groups in total. The number of para-hydroxylation sites is 1. The van der Waals surface area contributed by atoms with Gasteiger partial charge in [0.1, 0.15) is 0 Å². The lowest BCUT2D eigenvalue weighted by molar-refractivity contribution is -0.152. The fourth-order valence-electron chi connectivity index (χ4n) is 2.61. The quantitative estimate of drug-likeness (QED) is 0.605. The number of amides is 1. The second-order valence-electron chi connectivity index (χ2n) is 6.43. The van der Waals surface area contributed by atoms with Crippen LogP contribution in [0.3, 0.4) is 0 Å². The molecule has 0 aliphatic heterocycles. The van der Waals surface area contributed by atoms with Gasteiger partial charge in [0.15, 0.2) is 6.10 Å². The first-order valence-corrected chi connectivity index (χ1v) is 9.60. The van der Waals surface area contributed by atoms with Crippen molar-refractivity contribution in [2.75, 3.05) is 5.32 Å². The van der Waals surface area contributed by atoms with Crippen molar-refractivity contribution in [2.24, 2.45) is 0 Å². The first-order chi connectivity index (χ1) is 12.8. The van der Waals surface area contributed by atoms with Crippen molar-refractivity contribution in [1.82, 2.24) is 0 Å². The lowest BCUT2D eigenvalue weighted by Crippen LogP contribution is -2.31. The van der Waals surface area contributed by atoms with Gasteiger partial charge in [-0.2, -0.15) is 0 Å². The Morgan fingerprint density at radius 2 is 1.81 bits per heavy atom. The molecule has 2 aromatic rings. The summed E-state index contributed by atoms with van der Waals surface area (Å²) < 4.78 is 5.26. The molecule has 6 heteroatoms. The van der Waals surface area contributed by atoms with Crippen LogP contribution in [0.1, 0.15) is 44.2 Å². The number of carbonyl (C=O) groups is 2. The molecular formula is C21H23Cl2NO3. The van der Waals surface area contributed by atoms with E-state index < -0.39 is 12.1 Å². The van der Waals surface area contributed by atoms with Gasteiger partial charge in [0.25, 0.3) is 5.91 Å². The third-order valence-corrected chi connectivity index (χ3v) is 4.98. The van der Waals surface area contributed by atoms with E-state index in [0.29, 0.717) is 21.5 Å². The fraction of sp³-hybridized carbons (Fsp3) is 0.333. The maximum Gasteiger partial charge on any atom is 0.311 e. The molecule has 2 atom stereocenters. The first-order valence-electron chi connectivity index (χ1n) is 8.85. The van der Waals surface area contributed by atoms with Crippen molar-refractivity contribution < 1.29 is 14.3 Å². The highest BCUT2D eigenvalue weighted by Crippen LogP contribution is 2.27. The monoisotopic (exact) mass is 407 g/mol. The Bertz CT molecular complexity index is 823. The number of carbonyl (C=O) groups excluding carboxylic acids is 2. The summed E-state index contributed by atoms with van der Waals surface area (Å²) in [4.78, 5) is 24.6. The Morgan fingerprint density at radius 1 is 1.11 bits per heavy atom. The van der Waals surface area contributed by atoms with E-state index in [4.69, 9.17) is 27.9 Å². The van der Waals surface area contributed by atoms with E-state index in [-0.39, 0.29) is 12.3 Å². The van der Waals surface area contributed by atoms with E-state index >= 15 is 0 Å². The van der Waals surface area contributed by atoms with E-state index in [9.17, 15) is 9.59 Å². The summed E-state index contributed by atoms with van der Waals surface area (Å²) in [6.45, 7) is 5.74. The minimum Gasteiger partial charge on any atom is -0.452 e. The van der Waals surface area contributed by atoms with Crippen molar-refractivity contribution in [3.63, 3.8) is 0 Å². The van der Waals surface area contributed by atoms with E-state index in [0.717, 1.165) is 17.7 Å². The van der Waals surface area contributed by atoms with Gasteiger partial charge in [0.05, 0.1) is 6.42 Å². The number of anilines is 1. The Labute approximate surface area is 169 Å². The number of esters is 1. The second kappa shape index (κ2) is 9.77. The zero-order chi connectivity index (χ0) is 20.0. The SMILES string of the molecule is CC[C@H](C)c1ccccc1NC(=O)[C@H](C)OC(=O)Cc1ccc(Cl)cc1Cl. The summed E-state index contributed by atoms with van der Waals surface area (Å²) in [6.07, 6.45) is 0.00431. The van der Waals surface area contributed by atoms with Crippen LogP contribution in [0.15, 0.2) is 42.5 Å². The fourth-order valence-corrected chi connectivity index (χ4v) is 3.08. The molecule has 0 heterocycles. The van der Waals surface area contributed by atoms with Crippen molar-refractivity contribution in [3.05, 3.63) is 63.6 Å². The number of hydrogen-bond acceptors (Lipinski definition) is 3. The van der Waals surface area contributed by atoms with Crippen molar-refractivity contribution in [1.29, 1.82) is 0 Å². The normalized spacial score (nSPS) is 12.9. The Balaban J connectivity index is 1.98. The molecule has 0 radical (unpaired) electrons. The van der Waals surface area contributed by atoms with Gasteiger partial charge in [-0.1, -0.05) is 61.3 Å². The lowest BCUT2D eigenvalue weighted by Gasteiger charge is -2.18. The Hall–Kier alpha value is -2.04. The molecule has 0 aliphatic carbocycles. The van der Waals surface area contributed by atoms with Crippen LogP contribution in [0.4, 0.5) is 5.69 Å². The average molecular weight is 408 g/mol. The van der Waals surface area contributed by atoms with Gasteiger partial charge in [-0.3, -0.25) is 9.59 Å². The van der Waals surface area contributed by atoms with E-state index in [1.807, 2.05) is 24.3 Å². The molecule has 144 valence electrons. The number of nitrogens with one attached hydrogen (secondary N) is 1. The van der Waals surface area contributed by atoms with Crippen molar-refractivity contribution >= 4 is 40.8 Å². The number of halogens is 2. The molecule has 0 fully saturated rings. The summed E-state index contributed by atoms with van der Waals surface area (Å²) in [5.74, 6) is -0.593. The molecule has 0 aliphatic rings. The van der Waals surface area contributed by atoms with Crippen LogP contribution in [0.5, 0.6) is 0 Å². The minimum absolute atomic E-state index is 0.0307. The van der Waals surface area contributed by atoms with Crippen LogP contribution in [-0.4, -0.2) is 18.0 Å². The summed E-state index contributed by atoms with van der Waals surface area (Å²) >= 11 is 11.9. The van der Waals surface area contributed by atoms with Gasteiger partial charge in [0.2, 0.25) is 0 Å². The summed E-state index contributed by atoms with van der Waals surface area (Å²) in [7, 11) is 0. The van der Waals surface area contributed by atoms with Gasteiger partial charge < -0.3 is 10.1 Å². The Morgan fingerprint density at radius 3 is 2.48 bits per heavy atom. The number of hydrogen-bond donors (Lipinski definition) is 1. The molecule has 27 heavy (non-hydrogen) atoms. The molecule has 0 aromatic heterocycles. The highest BCUT2D eigenvalue weighted by atomic mass is 35.5. The molecule has 2 aromatic carbocycles. The van der Waals surface area contributed by atoms with Gasteiger partial charge in [-0.15, -0.1) is 0 Å². The topological polar surface area (TPSA) is 55.4 Å². The zero-order valence-corrected chi connectivity index (χ0v) is 17.1. The van der Waals surface area contributed by atoms with Crippen molar-refractivity contribution in [3.8, 4) is 0 Å². The van der Waals surface area contributed by atoms with E-state index in [1.165, 1.54) is 0 Å².